The molecule has 0 aromatic heterocycles. The summed E-state index contributed by atoms with van der Waals surface area (Å²) in [5.74, 6) is 0. The first-order valence-electron chi connectivity index (χ1n) is 13.2. The number of nitrogens with one attached hydrogen (secondary N) is 4. The predicted molar refractivity (Wildman–Crippen MR) is 145 cm³/mol. The summed E-state index contributed by atoms with van der Waals surface area (Å²) < 4.78 is 0. The smallest absolute Gasteiger partial charge is 0.409 e. The van der Waals surface area contributed by atoms with Crippen LogP contribution >= 0.6 is 0 Å². The molecule has 0 aliphatic heterocycles. The quantitative estimate of drug-likeness (QED) is 0.0760. The summed E-state index contributed by atoms with van der Waals surface area (Å²) in [7, 11) is 0. The summed E-state index contributed by atoms with van der Waals surface area (Å²) in [6, 6.07) is 10.4. The van der Waals surface area contributed by atoms with Gasteiger partial charge in [-0.15, -0.1) is 0 Å². The molecule has 6 N–H and O–H groups in total. The fourth-order valence-electron chi connectivity index (χ4n) is 3.76. The lowest BCUT2D eigenvalue weighted by atomic mass is 10.2. The van der Waals surface area contributed by atoms with Crippen molar-refractivity contribution < 1.29 is 19.8 Å². The molecule has 1 aromatic carbocycles. The summed E-state index contributed by atoms with van der Waals surface area (Å²) >= 11 is 0. The standard InChI is InChI=1S/C26H46N6O4/c33-25(34)30-19-11-21-32(22-24-12-4-3-5-13-24)20-9-8-15-28-18-10-17-27-14-6-1-2-7-16-29-23-31-26(35)36/h3-5,12-13,23,27-28,30H,1-2,6-11,14-22H2,(H,29,31)(H,33,34)(H,35,36). The maximum absolute atomic E-state index is 10.6. The van der Waals surface area contributed by atoms with Gasteiger partial charge in [-0.1, -0.05) is 43.2 Å². The predicted octanol–water partition coefficient (Wildman–Crippen LogP) is 3.35. The van der Waals surface area contributed by atoms with E-state index in [1.807, 2.05) is 6.07 Å². The van der Waals surface area contributed by atoms with Crippen LogP contribution in [0.3, 0.4) is 0 Å². The molecule has 0 unspecified atom stereocenters. The van der Waals surface area contributed by atoms with E-state index in [4.69, 9.17) is 10.2 Å². The summed E-state index contributed by atoms with van der Waals surface area (Å²) in [6.07, 6.45) is 7.76. The van der Waals surface area contributed by atoms with Gasteiger partial charge >= 0.3 is 12.2 Å². The first-order valence-corrected chi connectivity index (χ1v) is 13.2. The zero-order valence-corrected chi connectivity index (χ0v) is 21.6. The van der Waals surface area contributed by atoms with Crippen molar-refractivity contribution in [2.75, 3.05) is 52.4 Å². The molecule has 204 valence electrons. The molecule has 0 radical (unpaired) electrons. The van der Waals surface area contributed by atoms with Crippen molar-refractivity contribution in [3.63, 3.8) is 0 Å². The van der Waals surface area contributed by atoms with Gasteiger partial charge in [-0.25, -0.2) is 9.59 Å². The van der Waals surface area contributed by atoms with Crippen molar-refractivity contribution in [2.45, 2.75) is 57.9 Å². The van der Waals surface area contributed by atoms with Gasteiger partial charge in [-0.3, -0.25) is 15.2 Å². The summed E-state index contributed by atoms with van der Waals surface area (Å²) in [5, 5.41) is 28.7. The van der Waals surface area contributed by atoms with E-state index in [9.17, 15) is 9.59 Å². The van der Waals surface area contributed by atoms with Crippen molar-refractivity contribution in [1.29, 1.82) is 0 Å². The third kappa shape index (κ3) is 20.7. The largest absolute Gasteiger partial charge is 0.465 e. The van der Waals surface area contributed by atoms with Crippen molar-refractivity contribution in [2.24, 2.45) is 4.99 Å². The molecule has 1 aromatic rings. The second-order valence-corrected chi connectivity index (χ2v) is 8.81. The van der Waals surface area contributed by atoms with Crippen LogP contribution in [0.1, 0.15) is 56.9 Å². The van der Waals surface area contributed by atoms with E-state index < -0.39 is 12.2 Å². The number of rotatable bonds is 23. The Morgan fingerprint density at radius 2 is 1.39 bits per heavy atom. The molecule has 0 saturated heterocycles. The lowest BCUT2D eigenvalue weighted by Gasteiger charge is -2.22. The van der Waals surface area contributed by atoms with Gasteiger partial charge in [0, 0.05) is 26.2 Å². The molecule has 1 rings (SSSR count). The highest BCUT2D eigenvalue weighted by Crippen LogP contribution is 2.06. The highest BCUT2D eigenvalue weighted by Gasteiger charge is 2.06. The number of unbranched alkanes of at least 4 members (excludes halogenated alkanes) is 4. The maximum atomic E-state index is 10.6. The Hall–Kier alpha value is -2.69. The third-order valence-corrected chi connectivity index (χ3v) is 5.63. The minimum absolute atomic E-state index is 0.486. The van der Waals surface area contributed by atoms with Gasteiger partial charge < -0.3 is 26.2 Å². The van der Waals surface area contributed by atoms with Crippen LogP contribution in [0.4, 0.5) is 9.59 Å². The highest BCUT2D eigenvalue weighted by molar-refractivity contribution is 5.80. The second-order valence-electron chi connectivity index (χ2n) is 8.81. The van der Waals surface area contributed by atoms with Crippen molar-refractivity contribution in [3.05, 3.63) is 35.9 Å². The van der Waals surface area contributed by atoms with Crippen LogP contribution in [-0.4, -0.2) is 86.0 Å². The molecule has 0 saturated carbocycles. The molecule has 2 amide bonds. The summed E-state index contributed by atoms with van der Waals surface area (Å²) in [5.41, 5.74) is 1.29. The number of aliphatic imine (C=N–C) groups is 1. The topological polar surface area (TPSA) is 138 Å². The minimum atomic E-state index is -1.08. The zero-order valence-electron chi connectivity index (χ0n) is 21.6. The van der Waals surface area contributed by atoms with Crippen LogP contribution in [0.5, 0.6) is 0 Å². The van der Waals surface area contributed by atoms with Crippen molar-refractivity contribution in [1.82, 2.24) is 26.2 Å². The Balaban J connectivity index is 1.96. The Bertz CT molecular complexity index is 705. The summed E-state index contributed by atoms with van der Waals surface area (Å²) in [6.45, 7) is 8.02. The van der Waals surface area contributed by atoms with Gasteiger partial charge in [0.05, 0.1) is 6.34 Å². The van der Waals surface area contributed by atoms with Crippen molar-refractivity contribution >= 4 is 18.5 Å². The Labute approximate surface area is 215 Å². The fourth-order valence-corrected chi connectivity index (χ4v) is 3.76. The zero-order chi connectivity index (χ0) is 26.1. The van der Waals surface area contributed by atoms with E-state index in [0.717, 1.165) is 97.2 Å². The number of benzene rings is 1. The maximum Gasteiger partial charge on any atom is 0.409 e. The Kier molecular flexibility index (Phi) is 19.8. The van der Waals surface area contributed by atoms with Gasteiger partial charge in [-0.05, 0) is 76.8 Å². The molecule has 0 atom stereocenters. The normalized spacial score (nSPS) is 11.2. The minimum Gasteiger partial charge on any atom is -0.465 e. The monoisotopic (exact) mass is 506 g/mol. The number of amides is 2. The molecule has 0 heterocycles. The van der Waals surface area contributed by atoms with Gasteiger partial charge in [0.2, 0.25) is 0 Å². The van der Waals surface area contributed by atoms with Gasteiger partial charge in [-0.2, -0.15) is 0 Å². The lowest BCUT2D eigenvalue weighted by Crippen LogP contribution is -2.30. The van der Waals surface area contributed by atoms with E-state index in [0.29, 0.717) is 13.1 Å². The molecular weight excluding hydrogens is 460 g/mol. The fraction of sp³-hybridized carbons (Fsp3) is 0.654. The van der Waals surface area contributed by atoms with Crippen LogP contribution in [0, 0.1) is 0 Å². The summed E-state index contributed by atoms with van der Waals surface area (Å²) in [4.78, 5) is 27.3. The van der Waals surface area contributed by atoms with Crippen LogP contribution < -0.4 is 21.3 Å². The molecule has 0 spiro atoms. The molecule has 0 aliphatic rings. The number of carbonyl (C=O) groups is 2. The van der Waals surface area contributed by atoms with E-state index in [-0.39, 0.29) is 0 Å². The molecule has 10 nitrogen and oxygen atoms in total. The third-order valence-electron chi connectivity index (χ3n) is 5.63. The molecule has 0 fully saturated rings. The Morgan fingerprint density at radius 1 is 0.750 bits per heavy atom. The molecule has 10 heteroatoms. The van der Waals surface area contributed by atoms with Crippen LogP contribution in [0.2, 0.25) is 0 Å². The van der Waals surface area contributed by atoms with Gasteiger partial charge in [0.25, 0.3) is 0 Å². The molecule has 0 bridgehead atoms. The molecule has 36 heavy (non-hydrogen) atoms. The van der Waals surface area contributed by atoms with E-state index >= 15 is 0 Å². The van der Waals surface area contributed by atoms with Crippen molar-refractivity contribution in [3.8, 4) is 0 Å². The van der Waals surface area contributed by atoms with E-state index in [1.54, 1.807) is 0 Å². The second kappa shape index (κ2) is 22.8. The van der Waals surface area contributed by atoms with Crippen LogP contribution in [0.15, 0.2) is 35.3 Å². The first kappa shape index (κ1) is 31.3. The highest BCUT2D eigenvalue weighted by atomic mass is 16.4. The number of carboxylic acid groups (broad SMARTS) is 2. The SMILES string of the molecule is O=C(O)NC=NCCCCCCNCCCNCCCCN(CCCNC(=O)O)Cc1ccccc1. The van der Waals surface area contributed by atoms with Crippen LogP contribution in [-0.2, 0) is 6.54 Å². The average Bonchev–Trinajstić information content (AvgIpc) is 2.86. The van der Waals surface area contributed by atoms with Crippen LogP contribution in [0.25, 0.3) is 0 Å². The average molecular weight is 507 g/mol. The number of nitrogens with zero attached hydrogens (tertiary/aromatic N) is 2. The van der Waals surface area contributed by atoms with Gasteiger partial charge in [0.15, 0.2) is 0 Å². The molecule has 0 aliphatic carbocycles. The first-order chi connectivity index (χ1) is 17.6. The lowest BCUT2D eigenvalue weighted by molar-refractivity contribution is 0.192. The Morgan fingerprint density at radius 3 is 2.08 bits per heavy atom. The number of hydrogen-bond donors (Lipinski definition) is 6. The van der Waals surface area contributed by atoms with E-state index in [1.165, 1.54) is 11.9 Å². The number of hydrogen-bond acceptors (Lipinski definition) is 6. The van der Waals surface area contributed by atoms with E-state index in [2.05, 4.69) is 55.4 Å². The molecular formula is C26H46N6O4. The van der Waals surface area contributed by atoms with Gasteiger partial charge in [0.1, 0.15) is 0 Å².